The minimum atomic E-state index is -0.245. The van der Waals surface area contributed by atoms with Crippen molar-refractivity contribution in [2.45, 2.75) is 20.4 Å². The van der Waals surface area contributed by atoms with E-state index in [1.54, 1.807) is 4.90 Å². The Labute approximate surface area is 158 Å². The fourth-order valence-corrected chi connectivity index (χ4v) is 2.96. The zero-order valence-corrected chi connectivity index (χ0v) is 15.7. The van der Waals surface area contributed by atoms with Gasteiger partial charge in [0.05, 0.1) is 32.8 Å². The van der Waals surface area contributed by atoms with Crippen LogP contribution in [0.5, 0.6) is 0 Å². The molecule has 3 rings (SSSR count). The Bertz CT molecular complexity index is 774. The molecule has 1 saturated heterocycles. The van der Waals surface area contributed by atoms with Gasteiger partial charge in [-0.15, -0.1) is 0 Å². The molecule has 144 valence electrons. The molecule has 0 radical (unpaired) electrons. The quantitative estimate of drug-likeness (QED) is 0.695. The highest BCUT2D eigenvalue weighted by Gasteiger charge is 2.25. The van der Waals surface area contributed by atoms with E-state index in [0.717, 1.165) is 18.8 Å². The van der Waals surface area contributed by atoms with Crippen molar-refractivity contribution in [3.63, 3.8) is 0 Å². The van der Waals surface area contributed by atoms with Crippen LogP contribution in [0.2, 0.25) is 0 Å². The van der Waals surface area contributed by atoms with E-state index in [1.807, 2.05) is 38.1 Å². The van der Waals surface area contributed by atoms with E-state index in [2.05, 4.69) is 20.3 Å². The van der Waals surface area contributed by atoms with Crippen molar-refractivity contribution in [2.24, 2.45) is 0 Å². The summed E-state index contributed by atoms with van der Waals surface area (Å²) in [5.41, 5.74) is 7.93. The molecule has 1 aliphatic heterocycles. The summed E-state index contributed by atoms with van der Waals surface area (Å²) in [6, 6.07) is 7.96. The number of hydrogen-bond donors (Lipinski definition) is 3. The molecule has 2 aromatic rings. The molecule has 0 aliphatic carbocycles. The van der Waals surface area contributed by atoms with Gasteiger partial charge >= 0.3 is 6.09 Å². The molecule has 2 heterocycles. The minimum Gasteiger partial charge on any atom is -0.450 e. The predicted octanol–water partition coefficient (Wildman–Crippen LogP) is 0.363. The molecule has 9 heteroatoms. The summed E-state index contributed by atoms with van der Waals surface area (Å²) in [6.07, 6.45) is -0.245. The molecule has 4 N–H and O–H groups in total. The Morgan fingerprint density at radius 3 is 2.59 bits per heavy atom. The average Bonchev–Trinajstić information content (AvgIpc) is 2.64. The largest absolute Gasteiger partial charge is 0.450 e. The molecule has 1 fully saturated rings. The highest BCUT2D eigenvalue weighted by atomic mass is 16.6. The number of aryl methyl sites for hydroxylation is 1. The summed E-state index contributed by atoms with van der Waals surface area (Å²) in [6.45, 7) is 7.81. The van der Waals surface area contributed by atoms with E-state index < -0.39 is 0 Å². The molecule has 0 unspecified atom stereocenters. The Balaban J connectivity index is 1.60. The number of ether oxygens (including phenoxy) is 1. The third kappa shape index (κ3) is 5.27. The first-order valence-corrected chi connectivity index (χ1v) is 9.13. The number of aromatic nitrogens is 3. The lowest BCUT2D eigenvalue weighted by Gasteiger charge is -2.31. The van der Waals surface area contributed by atoms with Gasteiger partial charge in [0.2, 0.25) is 11.9 Å². The van der Waals surface area contributed by atoms with Gasteiger partial charge in [-0.05, 0) is 26.0 Å². The van der Waals surface area contributed by atoms with Gasteiger partial charge in [-0.2, -0.15) is 15.0 Å². The number of carbonyl (C=O) groups excluding carboxylic acids is 1. The van der Waals surface area contributed by atoms with Crippen molar-refractivity contribution in [2.75, 3.05) is 43.8 Å². The zero-order valence-electron chi connectivity index (χ0n) is 15.7. The normalized spacial score (nSPS) is 14.8. The van der Waals surface area contributed by atoms with Gasteiger partial charge in [0.25, 0.3) is 0 Å². The standard InChI is InChI=1S/C18H25N7O2/c1-3-27-18(26)25-10-8-24(9-11-25)12-15-21-16(19)23-17(22-15)20-14-6-4-13(2)5-7-14/h4-7H,3,8-12H2,1-2H3,(H3,19,20,21,22,23)/p+1. The van der Waals surface area contributed by atoms with Crippen molar-refractivity contribution in [1.82, 2.24) is 19.9 Å². The lowest BCUT2D eigenvalue weighted by atomic mass is 10.2. The van der Waals surface area contributed by atoms with Crippen LogP contribution in [-0.4, -0.2) is 58.7 Å². The van der Waals surface area contributed by atoms with Gasteiger partial charge in [-0.25, -0.2) is 4.79 Å². The topological polar surface area (TPSA) is 111 Å². The maximum atomic E-state index is 11.8. The summed E-state index contributed by atoms with van der Waals surface area (Å²) in [4.78, 5) is 27.7. The minimum absolute atomic E-state index is 0.194. The second-order valence-electron chi connectivity index (χ2n) is 6.54. The van der Waals surface area contributed by atoms with Crippen molar-refractivity contribution in [3.05, 3.63) is 35.7 Å². The Morgan fingerprint density at radius 1 is 1.22 bits per heavy atom. The summed E-state index contributed by atoms with van der Waals surface area (Å²) in [7, 11) is 0. The van der Waals surface area contributed by atoms with E-state index in [1.165, 1.54) is 10.5 Å². The molecule has 1 aromatic heterocycles. The number of nitrogens with zero attached hydrogens (tertiary/aromatic N) is 4. The molecule has 27 heavy (non-hydrogen) atoms. The van der Waals surface area contributed by atoms with E-state index in [-0.39, 0.29) is 12.0 Å². The first-order chi connectivity index (χ1) is 13.0. The molecule has 0 bridgehead atoms. The Hall–Kier alpha value is -2.94. The second-order valence-corrected chi connectivity index (χ2v) is 6.54. The third-order valence-corrected chi connectivity index (χ3v) is 4.41. The van der Waals surface area contributed by atoms with E-state index in [9.17, 15) is 4.79 Å². The predicted molar refractivity (Wildman–Crippen MR) is 102 cm³/mol. The molecule has 0 saturated carbocycles. The van der Waals surface area contributed by atoms with Crippen molar-refractivity contribution >= 4 is 23.7 Å². The van der Waals surface area contributed by atoms with Crippen molar-refractivity contribution in [1.29, 1.82) is 0 Å². The number of nitrogens with one attached hydrogen (secondary N) is 2. The lowest BCUT2D eigenvalue weighted by Crippen LogP contribution is -3.13. The van der Waals surface area contributed by atoms with Crippen LogP contribution in [0, 0.1) is 6.92 Å². The van der Waals surface area contributed by atoms with Gasteiger partial charge in [-0.1, -0.05) is 17.7 Å². The molecule has 0 atom stereocenters. The number of hydrogen-bond acceptors (Lipinski definition) is 7. The first-order valence-electron chi connectivity index (χ1n) is 9.13. The number of amides is 1. The van der Waals surface area contributed by atoms with Gasteiger partial charge in [0, 0.05) is 5.69 Å². The Morgan fingerprint density at radius 2 is 1.93 bits per heavy atom. The number of carbonyl (C=O) groups is 1. The van der Waals surface area contributed by atoms with Crippen LogP contribution in [0.3, 0.4) is 0 Å². The third-order valence-electron chi connectivity index (χ3n) is 4.41. The smallest absolute Gasteiger partial charge is 0.410 e. The van der Waals surface area contributed by atoms with Gasteiger partial charge in [0.15, 0.2) is 5.82 Å². The highest BCUT2D eigenvalue weighted by Crippen LogP contribution is 2.14. The number of nitrogens with two attached hydrogens (primary N) is 1. The molecule has 0 spiro atoms. The van der Waals surface area contributed by atoms with Crippen LogP contribution in [-0.2, 0) is 11.3 Å². The van der Waals surface area contributed by atoms with Crippen LogP contribution < -0.4 is 16.0 Å². The summed E-state index contributed by atoms with van der Waals surface area (Å²) in [5.74, 6) is 1.27. The Kier molecular flexibility index (Phi) is 6.02. The van der Waals surface area contributed by atoms with E-state index >= 15 is 0 Å². The van der Waals surface area contributed by atoms with Crippen LogP contribution in [0.4, 0.5) is 22.4 Å². The van der Waals surface area contributed by atoms with Gasteiger partial charge in [-0.3, -0.25) is 4.90 Å². The lowest BCUT2D eigenvalue weighted by molar-refractivity contribution is -0.918. The van der Waals surface area contributed by atoms with Crippen LogP contribution >= 0.6 is 0 Å². The highest BCUT2D eigenvalue weighted by molar-refractivity contribution is 5.67. The molecule has 1 aromatic carbocycles. The number of quaternary nitrogens is 1. The maximum Gasteiger partial charge on any atom is 0.410 e. The molecule has 1 aliphatic rings. The fourth-order valence-electron chi connectivity index (χ4n) is 2.96. The summed E-state index contributed by atoms with van der Waals surface area (Å²) in [5, 5.41) is 3.16. The van der Waals surface area contributed by atoms with Crippen molar-refractivity contribution < 1.29 is 14.4 Å². The monoisotopic (exact) mass is 372 g/mol. The van der Waals surface area contributed by atoms with E-state index in [0.29, 0.717) is 38.0 Å². The number of anilines is 3. The number of piperazine rings is 1. The van der Waals surface area contributed by atoms with Crippen molar-refractivity contribution in [3.8, 4) is 0 Å². The first kappa shape index (κ1) is 18.8. The van der Waals surface area contributed by atoms with Gasteiger partial charge < -0.3 is 20.7 Å². The summed E-state index contributed by atoms with van der Waals surface area (Å²) < 4.78 is 5.05. The van der Waals surface area contributed by atoms with Gasteiger partial charge in [0.1, 0.15) is 6.54 Å². The zero-order chi connectivity index (χ0) is 19.2. The summed E-state index contributed by atoms with van der Waals surface area (Å²) >= 11 is 0. The maximum absolute atomic E-state index is 11.8. The molecular weight excluding hydrogens is 346 g/mol. The SMILES string of the molecule is CCOC(=O)N1CC[NH+](Cc2nc(N)nc(Nc3ccc(C)cc3)n2)CC1. The average molecular weight is 372 g/mol. The second kappa shape index (κ2) is 8.63. The fraction of sp³-hybridized carbons (Fsp3) is 0.444. The number of rotatable bonds is 5. The van der Waals surface area contributed by atoms with Crippen LogP contribution in [0.25, 0.3) is 0 Å². The number of nitrogen functional groups attached to an aromatic ring is 1. The molecule has 1 amide bonds. The molecular formula is C18H26N7O2+. The number of benzene rings is 1. The van der Waals surface area contributed by atoms with E-state index in [4.69, 9.17) is 10.5 Å². The van der Waals surface area contributed by atoms with Crippen LogP contribution in [0.15, 0.2) is 24.3 Å². The molecule has 9 nitrogen and oxygen atoms in total. The van der Waals surface area contributed by atoms with Crippen LogP contribution in [0.1, 0.15) is 18.3 Å².